The number of aromatic nitrogens is 2. The first-order chi connectivity index (χ1) is 13.5. The second-order valence-corrected chi connectivity index (χ2v) is 5.54. The van der Waals surface area contributed by atoms with Crippen molar-refractivity contribution in [3.63, 3.8) is 0 Å². The summed E-state index contributed by atoms with van der Waals surface area (Å²) in [5.41, 5.74) is 0.744. The predicted molar refractivity (Wildman–Crippen MR) is 99.2 cm³/mol. The zero-order chi connectivity index (χ0) is 20.1. The van der Waals surface area contributed by atoms with E-state index in [-0.39, 0.29) is 17.3 Å². The molecule has 9 heteroatoms. The molecule has 0 aliphatic heterocycles. The Morgan fingerprint density at radius 3 is 2.54 bits per heavy atom. The highest BCUT2D eigenvalue weighted by Gasteiger charge is 2.13. The molecule has 0 atom stereocenters. The molecule has 28 heavy (non-hydrogen) atoms. The molecule has 0 spiro atoms. The Morgan fingerprint density at radius 2 is 1.82 bits per heavy atom. The van der Waals surface area contributed by atoms with Crippen LogP contribution in [0.2, 0.25) is 0 Å². The van der Waals surface area contributed by atoms with Crippen LogP contribution >= 0.6 is 0 Å². The van der Waals surface area contributed by atoms with Crippen molar-refractivity contribution in [3.05, 3.63) is 66.0 Å². The molecule has 0 saturated carbocycles. The van der Waals surface area contributed by atoms with Gasteiger partial charge in [-0.05, 0) is 30.3 Å². The van der Waals surface area contributed by atoms with Crippen LogP contribution in [0.15, 0.2) is 48.7 Å². The van der Waals surface area contributed by atoms with E-state index in [1.165, 1.54) is 32.5 Å². The van der Waals surface area contributed by atoms with E-state index in [1.54, 1.807) is 18.2 Å². The average Bonchev–Trinajstić information content (AvgIpc) is 2.71. The lowest BCUT2D eigenvalue weighted by Gasteiger charge is -2.12. The molecule has 1 heterocycles. The fraction of sp³-hybridized carbons (Fsp3) is 0.105. The van der Waals surface area contributed by atoms with E-state index < -0.39 is 17.5 Å². The molecule has 0 radical (unpaired) electrons. The van der Waals surface area contributed by atoms with Crippen molar-refractivity contribution in [1.82, 2.24) is 9.97 Å². The number of halogens is 2. The molecule has 0 saturated heterocycles. The van der Waals surface area contributed by atoms with Gasteiger partial charge in [0.25, 0.3) is 5.91 Å². The summed E-state index contributed by atoms with van der Waals surface area (Å²) in [6, 6.07) is 9.63. The quantitative estimate of drug-likeness (QED) is 0.671. The number of carbonyl (C=O) groups excluding carboxylic acids is 1. The Hall–Kier alpha value is -3.75. The van der Waals surface area contributed by atoms with Gasteiger partial charge in [-0.2, -0.15) is 0 Å². The molecule has 3 rings (SSSR count). The van der Waals surface area contributed by atoms with Crippen molar-refractivity contribution < 1.29 is 23.0 Å². The Morgan fingerprint density at radius 1 is 1.00 bits per heavy atom. The zero-order valence-electron chi connectivity index (χ0n) is 15.0. The van der Waals surface area contributed by atoms with Gasteiger partial charge in [0.15, 0.2) is 11.6 Å². The number of carbonyl (C=O) groups is 1. The first-order valence-electron chi connectivity index (χ1n) is 8.08. The van der Waals surface area contributed by atoms with Crippen LogP contribution in [0.4, 0.5) is 26.1 Å². The van der Waals surface area contributed by atoms with Gasteiger partial charge in [-0.3, -0.25) is 4.79 Å². The van der Waals surface area contributed by atoms with Crippen LogP contribution in [0.5, 0.6) is 11.5 Å². The molecule has 1 amide bonds. The third-order valence-electron chi connectivity index (χ3n) is 3.72. The van der Waals surface area contributed by atoms with Crippen LogP contribution < -0.4 is 20.1 Å². The number of rotatable bonds is 6. The number of nitrogens with one attached hydrogen (secondary N) is 2. The van der Waals surface area contributed by atoms with Crippen molar-refractivity contribution in [1.29, 1.82) is 0 Å². The molecular weight excluding hydrogens is 370 g/mol. The smallest absolute Gasteiger partial charge is 0.274 e. The van der Waals surface area contributed by atoms with Crippen LogP contribution in [0.3, 0.4) is 0 Å². The third kappa shape index (κ3) is 4.32. The summed E-state index contributed by atoms with van der Waals surface area (Å²) in [6.45, 7) is 0. The fourth-order valence-electron chi connectivity index (χ4n) is 2.34. The number of ether oxygens (including phenoxy) is 2. The normalized spacial score (nSPS) is 10.3. The molecule has 2 N–H and O–H groups in total. The zero-order valence-corrected chi connectivity index (χ0v) is 15.0. The van der Waals surface area contributed by atoms with E-state index in [0.717, 1.165) is 12.1 Å². The molecule has 0 aliphatic rings. The van der Waals surface area contributed by atoms with Crippen LogP contribution in [0.1, 0.15) is 10.5 Å². The maximum Gasteiger partial charge on any atom is 0.274 e. The fourth-order valence-corrected chi connectivity index (χ4v) is 2.34. The maximum absolute atomic E-state index is 13.3. The van der Waals surface area contributed by atoms with E-state index in [1.807, 2.05) is 0 Å². The van der Waals surface area contributed by atoms with Crippen molar-refractivity contribution in [2.75, 3.05) is 24.9 Å². The van der Waals surface area contributed by atoms with E-state index in [2.05, 4.69) is 20.6 Å². The summed E-state index contributed by atoms with van der Waals surface area (Å²) >= 11 is 0. The largest absolute Gasteiger partial charge is 0.497 e. The molecule has 144 valence electrons. The topological polar surface area (TPSA) is 85.4 Å². The van der Waals surface area contributed by atoms with Gasteiger partial charge in [-0.1, -0.05) is 0 Å². The Labute approximate surface area is 159 Å². The molecule has 0 fully saturated rings. The van der Waals surface area contributed by atoms with E-state index >= 15 is 0 Å². The van der Waals surface area contributed by atoms with E-state index in [4.69, 9.17) is 9.47 Å². The highest BCUT2D eigenvalue weighted by molar-refractivity contribution is 6.03. The summed E-state index contributed by atoms with van der Waals surface area (Å²) in [7, 11) is 2.99. The van der Waals surface area contributed by atoms with Crippen LogP contribution in [-0.2, 0) is 0 Å². The van der Waals surface area contributed by atoms with Gasteiger partial charge in [-0.25, -0.2) is 18.7 Å². The van der Waals surface area contributed by atoms with Gasteiger partial charge in [0.05, 0.1) is 19.9 Å². The minimum absolute atomic E-state index is 0.0559. The molecule has 1 aromatic heterocycles. The highest BCUT2D eigenvalue weighted by atomic mass is 19.2. The van der Waals surface area contributed by atoms with Gasteiger partial charge < -0.3 is 20.1 Å². The Balaban J connectivity index is 1.78. The summed E-state index contributed by atoms with van der Waals surface area (Å²) in [5, 5.41) is 5.41. The SMILES string of the molecule is COc1ccc(NC(=O)c2ccnc(Nc3ccc(F)c(F)c3)n2)c(OC)c1. The first kappa shape index (κ1) is 19.0. The second kappa shape index (κ2) is 8.30. The summed E-state index contributed by atoms with van der Waals surface area (Å²) in [6.07, 6.45) is 1.37. The van der Waals surface area contributed by atoms with Gasteiger partial charge in [0.1, 0.15) is 17.2 Å². The first-order valence-corrected chi connectivity index (χ1v) is 8.08. The third-order valence-corrected chi connectivity index (χ3v) is 3.72. The second-order valence-electron chi connectivity index (χ2n) is 5.54. The summed E-state index contributed by atoms with van der Waals surface area (Å²) in [5.74, 6) is -1.42. The van der Waals surface area contributed by atoms with Crippen LogP contribution in [0, 0.1) is 11.6 Å². The van der Waals surface area contributed by atoms with Crippen molar-refractivity contribution >= 4 is 23.2 Å². The lowest BCUT2D eigenvalue weighted by atomic mass is 10.2. The van der Waals surface area contributed by atoms with E-state index in [0.29, 0.717) is 17.2 Å². The summed E-state index contributed by atoms with van der Waals surface area (Å²) in [4.78, 5) is 20.6. The molecule has 0 unspecified atom stereocenters. The van der Waals surface area contributed by atoms with Gasteiger partial charge in [0.2, 0.25) is 5.95 Å². The monoisotopic (exact) mass is 386 g/mol. The number of benzene rings is 2. The number of hydrogen-bond acceptors (Lipinski definition) is 6. The molecule has 0 aliphatic carbocycles. The Kier molecular flexibility index (Phi) is 5.64. The molecule has 3 aromatic rings. The van der Waals surface area contributed by atoms with Gasteiger partial charge in [0, 0.05) is 24.0 Å². The standard InChI is InChI=1S/C19H16F2N4O3/c1-27-12-4-6-15(17(10-12)28-2)24-18(26)16-7-8-22-19(25-16)23-11-3-5-13(20)14(21)9-11/h3-10H,1-2H3,(H,24,26)(H,22,23,25). The van der Waals surface area contributed by atoms with Crippen LogP contribution in [-0.4, -0.2) is 30.1 Å². The number of amides is 1. The Bertz CT molecular complexity index is 1010. The summed E-state index contributed by atoms with van der Waals surface area (Å²) < 4.78 is 36.7. The minimum Gasteiger partial charge on any atom is -0.497 e. The van der Waals surface area contributed by atoms with Gasteiger partial charge in [-0.15, -0.1) is 0 Å². The highest BCUT2D eigenvalue weighted by Crippen LogP contribution is 2.29. The van der Waals surface area contributed by atoms with E-state index in [9.17, 15) is 13.6 Å². The number of anilines is 3. The average molecular weight is 386 g/mol. The molecule has 0 bridgehead atoms. The molecule has 2 aromatic carbocycles. The van der Waals surface area contributed by atoms with Gasteiger partial charge >= 0.3 is 0 Å². The molecular formula is C19H16F2N4O3. The number of methoxy groups -OCH3 is 2. The molecule has 7 nitrogen and oxygen atoms in total. The number of hydrogen-bond donors (Lipinski definition) is 2. The van der Waals surface area contributed by atoms with Crippen molar-refractivity contribution in [3.8, 4) is 11.5 Å². The van der Waals surface area contributed by atoms with Crippen molar-refractivity contribution in [2.45, 2.75) is 0 Å². The number of nitrogens with zero attached hydrogens (tertiary/aromatic N) is 2. The maximum atomic E-state index is 13.3. The van der Waals surface area contributed by atoms with Crippen LogP contribution in [0.25, 0.3) is 0 Å². The lowest BCUT2D eigenvalue weighted by Crippen LogP contribution is -2.15. The lowest BCUT2D eigenvalue weighted by molar-refractivity contribution is 0.102. The predicted octanol–water partition coefficient (Wildman–Crippen LogP) is 3.77. The minimum atomic E-state index is -1.01. The van der Waals surface area contributed by atoms with Crippen molar-refractivity contribution in [2.24, 2.45) is 0 Å².